The number of nitrogens with zero attached hydrogens (tertiary/aromatic N) is 2. The van der Waals surface area contributed by atoms with E-state index in [1.165, 1.54) is 54.6 Å². The molecule has 0 spiro atoms. The summed E-state index contributed by atoms with van der Waals surface area (Å²) in [6, 6.07) is 73.9. The third-order valence-electron chi connectivity index (χ3n) is 10.4. The molecule has 0 radical (unpaired) electrons. The van der Waals surface area contributed by atoms with E-state index in [9.17, 15) is 0 Å². The van der Waals surface area contributed by atoms with Crippen molar-refractivity contribution in [1.82, 2.24) is 9.55 Å². The molecular weight excluding hydrogens is 641 g/mol. The third kappa shape index (κ3) is 5.23. The van der Waals surface area contributed by atoms with Gasteiger partial charge in [-0.1, -0.05) is 194 Å². The molecule has 2 nitrogen and oxygen atoms in total. The summed E-state index contributed by atoms with van der Waals surface area (Å²) in [5.74, 6) is 0.904. The van der Waals surface area contributed by atoms with E-state index in [1.54, 1.807) is 0 Å². The van der Waals surface area contributed by atoms with Gasteiger partial charge in [-0.05, 0) is 66.7 Å². The predicted octanol–water partition coefficient (Wildman–Crippen LogP) is 13.7. The summed E-state index contributed by atoms with van der Waals surface area (Å²) in [6.45, 7) is 0. The van der Waals surface area contributed by atoms with Crippen LogP contribution in [0.2, 0.25) is 0 Å². The number of imidazole rings is 1. The van der Waals surface area contributed by atoms with Gasteiger partial charge in [-0.25, -0.2) is 4.98 Å². The Morgan fingerprint density at radius 2 is 0.792 bits per heavy atom. The molecule has 0 unspecified atom stereocenters. The lowest BCUT2D eigenvalue weighted by atomic mass is 9.84. The van der Waals surface area contributed by atoms with Crippen LogP contribution in [0.5, 0.6) is 0 Å². The molecule has 0 aliphatic carbocycles. The molecule has 0 fully saturated rings. The van der Waals surface area contributed by atoms with Crippen molar-refractivity contribution in [2.75, 3.05) is 0 Å². The molecule has 0 amide bonds. The average molecular weight is 675 g/mol. The van der Waals surface area contributed by atoms with Crippen molar-refractivity contribution in [1.29, 1.82) is 0 Å². The summed E-state index contributed by atoms with van der Waals surface area (Å²) in [4.78, 5) is 5.44. The molecule has 2 heteroatoms. The summed E-state index contributed by atoms with van der Waals surface area (Å²) >= 11 is 0. The van der Waals surface area contributed by atoms with E-state index in [0.717, 1.165) is 39.6 Å². The monoisotopic (exact) mass is 674 g/mol. The fourth-order valence-corrected chi connectivity index (χ4v) is 8.06. The molecule has 0 atom stereocenters. The van der Waals surface area contributed by atoms with Crippen LogP contribution in [0.3, 0.4) is 0 Å². The molecule has 10 aromatic rings. The van der Waals surface area contributed by atoms with E-state index in [-0.39, 0.29) is 0 Å². The Balaban J connectivity index is 1.19. The highest BCUT2D eigenvalue weighted by Gasteiger charge is 2.23. The van der Waals surface area contributed by atoms with Gasteiger partial charge in [0.05, 0.1) is 11.4 Å². The zero-order valence-corrected chi connectivity index (χ0v) is 29.0. The van der Waals surface area contributed by atoms with Crippen LogP contribution in [0.25, 0.3) is 94.2 Å². The normalized spacial score (nSPS) is 11.4. The van der Waals surface area contributed by atoms with Crippen molar-refractivity contribution < 1.29 is 0 Å². The molecule has 0 saturated heterocycles. The molecule has 0 aliphatic rings. The minimum absolute atomic E-state index is 0.904. The number of hydrogen-bond donors (Lipinski definition) is 0. The number of benzene rings is 9. The second-order valence-electron chi connectivity index (χ2n) is 13.5. The van der Waals surface area contributed by atoms with Crippen molar-refractivity contribution in [2.24, 2.45) is 0 Å². The Bertz CT molecular complexity index is 2840. The fraction of sp³-hybridized carbons (Fsp3) is 0. The largest absolute Gasteiger partial charge is 0.292 e. The minimum atomic E-state index is 0.904. The van der Waals surface area contributed by atoms with Gasteiger partial charge in [0, 0.05) is 22.4 Å². The molecule has 53 heavy (non-hydrogen) atoms. The maximum absolute atomic E-state index is 5.44. The van der Waals surface area contributed by atoms with Crippen molar-refractivity contribution in [3.8, 4) is 61.8 Å². The fourth-order valence-electron chi connectivity index (χ4n) is 8.06. The van der Waals surface area contributed by atoms with Gasteiger partial charge in [0.1, 0.15) is 5.82 Å². The molecule has 0 N–H and O–H groups in total. The number of para-hydroxylation sites is 1. The maximum Gasteiger partial charge on any atom is 0.145 e. The topological polar surface area (TPSA) is 17.8 Å². The highest BCUT2D eigenvalue weighted by molar-refractivity contribution is 6.23. The molecule has 248 valence electrons. The van der Waals surface area contributed by atoms with Gasteiger partial charge >= 0.3 is 0 Å². The molecule has 0 saturated carbocycles. The van der Waals surface area contributed by atoms with E-state index >= 15 is 0 Å². The van der Waals surface area contributed by atoms with Gasteiger partial charge in [0.25, 0.3) is 0 Å². The molecule has 1 aromatic heterocycles. The van der Waals surface area contributed by atoms with Crippen LogP contribution < -0.4 is 0 Å². The van der Waals surface area contributed by atoms with Crippen LogP contribution in [0, 0.1) is 0 Å². The van der Waals surface area contributed by atoms with Crippen molar-refractivity contribution >= 4 is 32.3 Å². The molecule has 1 heterocycles. The van der Waals surface area contributed by atoms with Gasteiger partial charge in [-0.2, -0.15) is 0 Å². The quantitative estimate of drug-likeness (QED) is 0.161. The lowest BCUT2D eigenvalue weighted by molar-refractivity contribution is 1.07. The molecule has 10 rings (SSSR count). The van der Waals surface area contributed by atoms with Gasteiger partial charge in [0.15, 0.2) is 0 Å². The third-order valence-corrected chi connectivity index (χ3v) is 10.4. The molecule has 0 bridgehead atoms. The van der Waals surface area contributed by atoms with E-state index < -0.39 is 0 Å². The standard InChI is InChI=1S/C51H34N2/c1-4-18-37(19-5-1)49-50(38-20-6-2-7-21-38)53(40-23-8-3-9-24-40)51(52-49)39-33-31-36(32-34-39)47-43-26-12-14-28-45(43)48(46-29-15-13-27-44(46)47)42-30-16-22-35-17-10-11-25-41(35)42/h1-34H. The Morgan fingerprint density at radius 1 is 0.321 bits per heavy atom. The zero-order chi connectivity index (χ0) is 35.1. The lowest BCUT2D eigenvalue weighted by Crippen LogP contribution is -2.00. The molecular formula is C51H34N2. The van der Waals surface area contributed by atoms with Crippen LogP contribution in [-0.4, -0.2) is 9.55 Å². The van der Waals surface area contributed by atoms with Gasteiger partial charge < -0.3 is 0 Å². The summed E-state index contributed by atoms with van der Waals surface area (Å²) in [6.07, 6.45) is 0. The lowest BCUT2D eigenvalue weighted by Gasteiger charge is -2.19. The summed E-state index contributed by atoms with van der Waals surface area (Å²) in [5.41, 5.74) is 11.3. The second-order valence-corrected chi connectivity index (χ2v) is 13.5. The first-order valence-corrected chi connectivity index (χ1v) is 18.1. The zero-order valence-electron chi connectivity index (χ0n) is 29.0. The number of fused-ring (bicyclic) bond motifs is 3. The van der Waals surface area contributed by atoms with E-state index in [1.807, 2.05) is 0 Å². The van der Waals surface area contributed by atoms with Crippen LogP contribution in [0.1, 0.15) is 0 Å². The van der Waals surface area contributed by atoms with Crippen LogP contribution in [-0.2, 0) is 0 Å². The maximum atomic E-state index is 5.44. The van der Waals surface area contributed by atoms with Gasteiger partial charge in [-0.3, -0.25) is 4.57 Å². The number of aromatic nitrogens is 2. The van der Waals surface area contributed by atoms with Gasteiger partial charge in [-0.15, -0.1) is 0 Å². The van der Waals surface area contributed by atoms with Crippen LogP contribution in [0.4, 0.5) is 0 Å². The predicted molar refractivity (Wildman–Crippen MR) is 223 cm³/mol. The SMILES string of the molecule is c1ccc(-c2nc(-c3ccc(-c4c5ccccc5c(-c5cccc6ccccc56)c5ccccc45)cc3)n(-c3ccccc3)c2-c2ccccc2)cc1. The highest BCUT2D eigenvalue weighted by Crippen LogP contribution is 2.46. The Morgan fingerprint density at radius 3 is 1.42 bits per heavy atom. The summed E-state index contributed by atoms with van der Waals surface area (Å²) in [5, 5.41) is 7.50. The Labute approximate surface area is 308 Å². The van der Waals surface area contributed by atoms with Crippen molar-refractivity contribution in [2.45, 2.75) is 0 Å². The first kappa shape index (κ1) is 30.8. The molecule has 9 aromatic carbocycles. The van der Waals surface area contributed by atoms with Crippen LogP contribution >= 0.6 is 0 Å². The van der Waals surface area contributed by atoms with Crippen LogP contribution in [0.15, 0.2) is 206 Å². The number of hydrogen-bond acceptors (Lipinski definition) is 1. The summed E-state index contributed by atoms with van der Waals surface area (Å²) in [7, 11) is 0. The highest BCUT2D eigenvalue weighted by atomic mass is 15.1. The smallest absolute Gasteiger partial charge is 0.145 e. The van der Waals surface area contributed by atoms with Crippen molar-refractivity contribution in [3.05, 3.63) is 206 Å². The first-order valence-electron chi connectivity index (χ1n) is 18.1. The van der Waals surface area contributed by atoms with E-state index in [0.29, 0.717) is 0 Å². The number of rotatable bonds is 6. The Hall–Kier alpha value is -7.03. The average Bonchev–Trinajstić information content (AvgIpc) is 3.65. The minimum Gasteiger partial charge on any atom is -0.292 e. The second kappa shape index (κ2) is 12.9. The molecule has 0 aliphatic heterocycles. The summed E-state index contributed by atoms with van der Waals surface area (Å²) < 4.78 is 2.32. The van der Waals surface area contributed by atoms with Crippen molar-refractivity contribution in [3.63, 3.8) is 0 Å². The van der Waals surface area contributed by atoms with E-state index in [2.05, 4.69) is 211 Å². The van der Waals surface area contributed by atoms with Gasteiger partial charge in [0.2, 0.25) is 0 Å². The van der Waals surface area contributed by atoms with E-state index in [4.69, 9.17) is 4.98 Å². The Kier molecular flexibility index (Phi) is 7.51. The first-order chi connectivity index (χ1) is 26.3.